The molecule has 16 heavy (non-hydrogen) atoms. The molecule has 5 heteroatoms. The van der Waals surface area contributed by atoms with Crippen molar-refractivity contribution in [2.75, 3.05) is 6.54 Å². The highest BCUT2D eigenvalue weighted by Gasteiger charge is 2.27. The van der Waals surface area contributed by atoms with Crippen molar-refractivity contribution in [3.8, 4) is 0 Å². The number of carboxylic acids is 1. The molecule has 1 aliphatic rings. The maximum Gasteiger partial charge on any atom is 0.148 e. The molecular weight excluding hydrogens is 210 g/mol. The molecule has 5 nitrogen and oxygen atoms in total. The van der Waals surface area contributed by atoms with Gasteiger partial charge in [-0.05, 0) is 19.3 Å². The Bertz CT molecular complexity index is 306. The minimum atomic E-state index is -1.11. The van der Waals surface area contributed by atoms with Crippen LogP contribution >= 0.6 is 0 Å². The molecule has 0 N–H and O–H groups in total. The summed E-state index contributed by atoms with van der Waals surface area (Å²) in [6, 6.07) is 0. The van der Waals surface area contributed by atoms with E-state index in [1.807, 2.05) is 0 Å². The Kier molecular flexibility index (Phi) is 4.82. The molecule has 0 saturated heterocycles. The minimum Gasteiger partial charge on any atom is -0.550 e. The monoisotopic (exact) mass is 224 g/mol. The first-order chi connectivity index (χ1) is 7.61. The molecule has 0 bridgehead atoms. The van der Waals surface area contributed by atoms with Gasteiger partial charge in [0, 0.05) is 31.6 Å². The molecule has 0 aromatic rings. The summed E-state index contributed by atoms with van der Waals surface area (Å²) in [5, 5.41) is 10.1. The second-order valence-corrected chi connectivity index (χ2v) is 3.79. The first-order valence-corrected chi connectivity index (χ1v) is 5.36. The Morgan fingerprint density at radius 2 is 2.00 bits per heavy atom. The molecule has 0 aliphatic heterocycles. The molecule has 0 aromatic carbocycles. The highest BCUT2D eigenvalue weighted by molar-refractivity contribution is 6.15. The number of hydrogen-bond donors (Lipinski definition) is 0. The summed E-state index contributed by atoms with van der Waals surface area (Å²) >= 11 is 0. The van der Waals surface area contributed by atoms with E-state index >= 15 is 0 Å². The maximum absolute atomic E-state index is 11.4. The summed E-state index contributed by atoms with van der Waals surface area (Å²) in [5.74, 6) is -1.98. The number of carbonyl (C=O) groups is 3. The van der Waals surface area contributed by atoms with Crippen LogP contribution in [0.3, 0.4) is 0 Å². The van der Waals surface area contributed by atoms with Crippen molar-refractivity contribution in [3.05, 3.63) is 0 Å². The summed E-state index contributed by atoms with van der Waals surface area (Å²) in [6.45, 7) is 0.311. The first kappa shape index (κ1) is 12.5. The summed E-state index contributed by atoms with van der Waals surface area (Å²) in [7, 11) is 0. The lowest BCUT2D eigenvalue weighted by Gasteiger charge is -2.14. The van der Waals surface area contributed by atoms with Crippen LogP contribution in [0, 0.1) is 5.92 Å². The molecule has 1 fully saturated rings. The Morgan fingerprint density at radius 1 is 1.38 bits per heavy atom. The molecule has 0 heterocycles. The van der Waals surface area contributed by atoms with Crippen LogP contribution in [0.15, 0.2) is 4.99 Å². The van der Waals surface area contributed by atoms with E-state index in [9.17, 15) is 19.5 Å². The standard InChI is InChI=1S/C11H15NO4/c13-9-3-1-4-10(14)8(9)7-12-6-2-5-11(15)16/h7-8H,1-6H2,(H,15,16)/p-1. The lowest BCUT2D eigenvalue weighted by Crippen LogP contribution is -2.29. The predicted octanol–water partition coefficient (Wildman–Crippen LogP) is -0.474. The number of hydrogen-bond acceptors (Lipinski definition) is 5. The number of rotatable bonds is 5. The van der Waals surface area contributed by atoms with Crippen molar-refractivity contribution >= 4 is 23.8 Å². The number of carbonyl (C=O) groups excluding carboxylic acids is 3. The summed E-state index contributed by atoms with van der Waals surface area (Å²) < 4.78 is 0. The number of Topliss-reactive ketones (excluding diaryl/α,β-unsaturated/α-hetero) is 2. The highest BCUT2D eigenvalue weighted by Crippen LogP contribution is 2.15. The van der Waals surface area contributed by atoms with Gasteiger partial charge in [-0.2, -0.15) is 0 Å². The van der Waals surface area contributed by atoms with Crippen molar-refractivity contribution < 1.29 is 19.5 Å². The molecule has 1 saturated carbocycles. The topological polar surface area (TPSA) is 86.6 Å². The number of carboxylic acid groups (broad SMARTS) is 1. The second-order valence-electron chi connectivity index (χ2n) is 3.79. The van der Waals surface area contributed by atoms with Crippen LogP contribution in [0.25, 0.3) is 0 Å². The van der Waals surface area contributed by atoms with Crippen molar-refractivity contribution in [3.63, 3.8) is 0 Å². The maximum atomic E-state index is 11.4. The van der Waals surface area contributed by atoms with Gasteiger partial charge in [0.25, 0.3) is 0 Å². The number of ketones is 2. The van der Waals surface area contributed by atoms with Gasteiger partial charge in [-0.25, -0.2) is 0 Å². The van der Waals surface area contributed by atoms with Gasteiger partial charge in [0.05, 0.1) is 0 Å². The van der Waals surface area contributed by atoms with Gasteiger partial charge in [0.2, 0.25) is 0 Å². The molecule has 0 amide bonds. The minimum absolute atomic E-state index is 0.0517. The molecule has 0 spiro atoms. The van der Waals surface area contributed by atoms with E-state index in [0.29, 0.717) is 32.2 Å². The van der Waals surface area contributed by atoms with Crippen LogP contribution in [-0.2, 0) is 14.4 Å². The molecule has 0 radical (unpaired) electrons. The lowest BCUT2D eigenvalue weighted by atomic mass is 9.88. The van der Waals surface area contributed by atoms with Crippen LogP contribution in [-0.4, -0.2) is 30.3 Å². The number of aliphatic carboxylic acids is 1. The van der Waals surface area contributed by atoms with E-state index in [-0.39, 0.29) is 18.0 Å². The van der Waals surface area contributed by atoms with E-state index < -0.39 is 11.9 Å². The zero-order valence-corrected chi connectivity index (χ0v) is 8.98. The largest absolute Gasteiger partial charge is 0.550 e. The Morgan fingerprint density at radius 3 is 2.56 bits per heavy atom. The van der Waals surface area contributed by atoms with Crippen molar-refractivity contribution in [2.24, 2.45) is 10.9 Å². The zero-order valence-electron chi connectivity index (χ0n) is 8.98. The Hall–Kier alpha value is -1.52. The van der Waals surface area contributed by atoms with E-state index in [2.05, 4.69) is 4.99 Å². The third kappa shape index (κ3) is 3.92. The van der Waals surface area contributed by atoms with Crippen LogP contribution in [0.1, 0.15) is 32.1 Å². The average molecular weight is 224 g/mol. The van der Waals surface area contributed by atoms with Gasteiger partial charge in [0.15, 0.2) is 0 Å². The van der Waals surface area contributed by atoms with Crippen LogP contribution in [0.4, 0.5) is 0 Å². The fraction of sp³-hybridized carbons (Fsp3) is 0.636. The van der Waals surface area contributed by atoms with Gasteiger partial charge >= 0.3 is 0 Å². The molecule has 1 rings (SSSR count). The van der Waals surface area contributed by atoms with Gasteiger partial charge in [-0.3, -0.25) is 14.6 Å². The number of nitrogens with zero attached hydrogens (tertiary/aromatic N) is 1. The molecular formula is C11H14NO4-. The van der Waals surface area contributed by atoms with Crippen molar-refractivity contribution in [1.29, 1.82) is 0 Å². The van der Waals surface area contributed by atoms with E-state index in [4.69, 9.17) is 0 Å². The average Bonchev–Trinajstić information content (AvgIpc) is 2.21. The van der Waals surface area contributed by atoms with Gasteiger partial charge in [-0.1, -0.05) is 0 Å². The lowest BCUT2D eigenvalue weighted by molar-refractivity contribution is -0.305. The molecule has 0 unspecified atom stereocenters. The van der Waals surface area contributed by atoms with Crippen LogP contribution in [0.2, 0.25) is 0 Å². The van der Waals surface area contributed by atoms with Gasteiger partial charge in [0.1, 0.15) is 17.5 Å². The summed E-state index contributed by atoms with van der Waals surface area (Å²) in [6.07, 6.45) is 3.17. The third-order valence-corrected chi connectivity index (χ3v) is 2.46. The SMILES string of the molecule is O=C([O-])CCCN=CC1C(=O)CCCC1=O. The predicted molar refractivity (Wildman–Crippen MR) is 55.0 cm³/mol. The summed E-state index contributed by atoms with van der Waals surface area (Å²) in [5.41, 5.74) is 0. The first-order valence-electron chi connectivity index (χ1n) is 5.36. The van der Waals surface area contributed by atoms with Crippen molar-refractivity contribution in [2.45, 2.75) is 32.1 Å². The van der Waals surface area contributed by atoms with E-state index in [1.54, 1.807) is 0 Å². The smallest absolute Gasteiger partial charge is 0.148 e. The Labute approximate surface area is 93.6 Å². The highest BCUT2D eigenvalue weighted by atomic mass is 16.4. The quantitative estimate of drug-likeness (QED) is 0.358. The fourth-order valence-electron chi connectivity index (χ4n) is 1.59. The zero-order chi connectivity index (χ0) is 12.0. The van der Waals surface area contributed by atoms with Crippen LogP contribution < -0.4 is 5.11 Å². The second kappa shape index (κ2) is 6.15. The van der Waals surface area contributed by atoms with Crippen LogP contribution in [0.5, 0.6) is 0 Å². The normalized spacial score (nSPS) is 18.2. The fourth-order valence-corrected chi connectivity index (χ4v) is 1.59. The molecule has 1 aliphatic carbocycles. The number of aliphatic imine (C=N–C) groups is 1. The van der Waals surface area contributed by atoms with Gasteiger partial charge < -0.3 is 9.90 Å². The molecule has 0 atom stereocenters. The van der Waals surface area contributed by atoms with Crippen molar-refractivity contribution in [1.82, 2.24) is 0 Å². The molecule has 88 valence electrons. The van der Waals surface area contributed by atoms with Gasteiger partial charge in [-0.15, -0.1) is 0 Å². The Balaban J connectivity index is 2.34. The van der Waals surface area contributed by atoms with E-state index in [0.717, 1.165) is 0 Å². The molecule has 0 aromatic heterocycles. The van der Waals surface area contributed by atoms with E-state index in [1.165, 1.54) is 6.21 Å². The summed E-state index contributed by atoms with van der Waals surface area (Å²) in [4.78, 5) is 36.7. The third-order valence-electron chi connectivity index (χ3n) is 2.46.